The second-order valence-electron chi connectivity index (χ2n) is 11.4. The summed E-state index contributed by atoms with van der Waals surface area (Å²) >= 11 is 0. The lowest BCUT2D eigenvalue weighted by molar-refractivity contribution is -0.206. The summed E-state index contributed by atoms with van der Waals surface area (Å²) in [5.41, 5.74) is -4.31. The van der Waals surface area contributed by atoms with E-state index >= 15 is 22.0 Å². The highest BCUT2D eigenvalue weighted by Gasteiger charge is 2.42. The SMILES string of the molecule is CCCCCCC1COC(c2ccc(-c3cc(F)c(C(F)(F)Oc4cc(F)c(-c5cc(F)c(F)c(F)c5)c(F)c4)c(F)c3)c(F)c2)OC1. The van der Waals surface area contributed by atoms with Crippen molar-refractivity contribution in [2.45, 2.75) is 51.4 Å². The van der Waals surface area contributed by atoms with Crippen LogP contribution in [0.1, 0.15) is 56.4 Å². The van der Waals surface area contributed by atoms with Crippen LogP contribution in [0.25, 0.3) is 22.3 Å². The largest absolute Gasteiger partial charge is 0.432 e. The topological polar surface area (TPSA) is 27.7 Å². The highest BCUT2D eigenvalue weighted by molar-refractivity contribution is 5.67. The summed E-state index contributed by atoms with van der Waals surface area (Å²) in [4.78, 5) is 0. The zero-order valence-electron chi connectivity index (χ0n) is 25.3. The first-order valence-corrected chi connectivity index (χ1v) is 15.0. The van der Waals surface area contributed by atoms with E-state index in [4.69, 9.17) is 9.47 Å². The van der Waals surface area contributed by atoms with Crippen molar-refractivity contribution in [3.05, 3.63) is 112 Å². The normalized spacial score (nSPS) is 16.7. The Hall–Kier alpha value is -4.10. The van der Waals surface area contributed by atoms with Crippen LogP contribution in [0.2, 0.25) is 0 Å². The van der Waals surface area contributed by atoms with E-state index in [0.29, 0.717) is 30.9 Å². The maximum absolute atomic E-state index is 15.1. The smallest absolute Gasteiger partial charge is 0.429 e. The van der Waals surface area contributed by atoms with E-state index in [9.17, 15) is 22.0 Å². The Morgan fingerprint density at radius 3 is 1.81 bits per heavy atom. The molecule has 5 rings (SSSR count). The summed E-state index contributed by atoms with van der Waals surface area (Å²) in [7, 11) is 0. The molecule has 0 N–H and O–H groups in total. The maximum Gasteiger partial charge on any atom is 0.432 e. The molecule has 48 heavy (non-hydrogen) atoms. The van der Waals surface area contributed by atoms with Gasteiger partial charge in [0.25, 0.3) is 0 Å². The number of hydrogen-bond donors (Lipinski definition) is 0. The van der Waals surface area contributed by atoms with Gasteiger partial charge in [0.1, 0.15) is 40.4 Å². The van der Waals surface area contributed by atoms with Crippen LogP contribution in [0, 0.1) is 52.5 Å². The predicted molar refractivity (Wildman–Crippen MR) is 155 cm³/mol. The molecule has 1 aliphatic heterocycles. The first-order chi connectivity index (χ1) is 22.8. The van der Waals surface area contributed by atoms with Crippen molar-refractivity contribution in [2.75, 3.05) is 13.2 Å². The lowest BCUT2D eigenvalue weighted by Gasteiger charge is -2.29. The minimum absolute atomic E-state index is 0.181. The molecule has 1 fully saturated rings. The van der Waals surface area contributed by atoms with Crippen LogP contribution in [0.15, 0.2) is 54.6 Å². The van der Waals surface area contributed by atoms with Crippen LogP contribution in [0.4, 0.5) is 43.9 Å². The van der Waals surface area contributed by atoms with Crippen LogP contribution in [0.3, 0.4) is 0 Å². The molecule has 1 heterocycles. The summed E-state index contributed by atoms with van der Waals surface area (Å²) in [5.74, 6) is -14.5. The van der Waals surface area contributed by atoms with E-state index in [1.54, 1.807) is 0 Å². The van der Waals surface area contributed by atoms with E-state index in [1.165, 1.54) is 12.1 Å². The molecule has 0 aliphatic carbocycles. The Labute approximate surface area is 269 Å². The maximum atomic E-state index is 15.1. The van der Waals surface area contributed by atoms with Gasteiger partial charge >= 0.3 is 6.11 Å². The first kappa shape index (κ1) is 35.2. The average Bonchev–Trinajstić information content (AvgIpc) is 3.01. The van der Waals surface area contributed by atoms with Crippen molar-refractivity contribution in [1.29, 1.82) is 0 Å². The summed E-state index contributed by atoms with van der Waals surface area (Å²) < 4.78 is 161. The molecule has 0 atom stereocenters. The van der Waals surface area contributed by atoms with Gasteiger partial charge in [0.15, 0.2) is 23.7 Å². The Morgan fingerprint density at radius 2 is 1.25 bits per heavy atom. The van der Waals surface area contributed by atoms with Gasteiger partial charge in [-0.2, -0.15) is 8.78 Å². The average molecular weight is 687 g/mol. The third-order valence-electron chi connectivity index (χ3n) is 7.88. The van der Waals surface area contributed by atoms with E-state index in [2.05, 4.69) is 11.7 Å². The Kier molecular flexibility index (Phi) is 10.7. The minimum Gasteiger partial charge on any atom is -0.429 e. The molecule has 0 spiro atoms. The highest BCUT2D eigenvalue weighted by atomic mass is 19.3. The Bertz CT molecular complexity index is 1720. The van der Waals surface area contributed by atoms with E-state index < -0.39 is 86.9 Å². The van der Waals surface area contributed by atoms with Gasteiger partial charge in [-0.05, 0) is 47.9 Å². The molecule has 1 saturated heterocycles. The monoisotopic (exact) mass is 686 g/mol. The fraction of sp³-hybridized carbons (Fsp3) is 0.314. The molecule has 0 bridgehead atoms. The molecular formula is C35H28F10O3. The third-order valence-corrected chi connectivity index (χ3v) is 7.88. The van der Waals surface area contributed by atoms with Crippen molar-refractivity contribution >= 4 is 0 Å². The molecule has 1 aliphatic rings. The Morgan fingerprint density at radius 1 is 0.667 bits per heavy atom. The number of unbranched alkanes of at least 4 members (excludes halogenated alkanes) is 3. The predicted octanol–water partition coefficient (Wildman–Crippen LogP) is 10.9. The van der Waals surface area contributed by atoms with Crippen LogP contribution in [-0.4, -0.2) is 13.2 Å². The van der Waals surface area contributed by atoms with Gasteiger partial charge in [-0.3, -0.25) is 0 Å². The second-order valence-corrected chi connectivity index (χ2v) is 11.4. The number of rotatable bonds is 11. The van der Waals surface area contributed by atoms with Gasteiger partial charge in [-0.25, -0.2) is 35.1 Å². The first-order valence-electron chi connectivity index (χ1n) is 15.0. The molecule has 4 aromatic carbocycles. The zero-order chi connectivity index (χ0) is 34.7. The zero-order valence-corrected chi connectivity index (χ0v) is 25.3. The summed E-state index contributed by atoms with van der Waals surface area (Å²) in [6.07, 6.45) is -0.384. The Balaban J connectivity index is 1.32. The van der Waals surface area contributed by atoms with Crippen molar-refractivity contribution in [2.24, 2.45) is 5.92 Å². The summed E-state index contributed by atoms with van der Waals surface area (Å²) in [6, 6.07) is 5.43. The highest BCUT2D eigenvalue weighted by Crippen LogP contribution is 2.40. The minimum atomic E-state index is -4.85. The van der Waals surface area contributed by atoms with Gasteiger partial charge in [-0.15, -0.1) is 0 Å². The van der Waals surface area contributed by atoms with Crippen LogP contribution in [0.5, 0.6) is 5.75 Å². The molecule has 13 heteroatoms. The number of hydrogen-bond acceptors (Lipinski definition) is 3. The summed E-state index contributed by atoms with van der Waals surface area (Å²) in [6.45, 7) is 2.94. The molecule has 0 saturated carbocycles. The number of alkyl halides is 2. The molecule has 0 radical (unpaired) electrons. The molecular weight excluding hydrogens is 658 g/mol. The lowest BCUT2D eigenvalue weighted by atomic mass is 9.99. The molecule has 0 amide bonds. The molecule has 3 nitrogen and oxygen atoms in total. The van der Waals surface area contributed by atoms with Crippen molar-refractivity contribution in [3.8, 4) is 28.0 Å². The summed E-state index contributed by atoms with van der Waals surface area (Å²) in [5, 5.41) is 0. The van der Waals surface area contributed by atoms with Crippen LogP contribution in [-0.2, 0) is 15.6 Å². The number of benzene rings is 4. The van der Waals surface area contributed by atoms with E-state index in [0.717, 1.165) is 38.2 Å². The van der Waals surface area contributed by atoms with Gasteiger partial charge in [0, 0.05) is 29.2 Å². The molecule has 0 aromatic heterocycles. The van der Waals surface area contributed by atoms with Crippen molar-refractivity contribution in [1.82, 2.24) is 0 Å². The fourth-order valence-corrected chi connectivity index (χ4v) is 5.46. The molecule has 256 valence electrons. The quantitative estimate of drug-likeness (QED) is 0.0893. The van der Waals surface area contributed by atoms with Gasteiger partial charge < -0.3 is 14.2 Å². The van der Waals surface area contributed by atoms with Gasteiger partial charge in [0.2, 0.25) is 0 Å². The number of ether oxygens (including phenoxy) is 3. The van der Waals surface area contributed by atoms with Crippen LogP contribution < -0.4 is 4.74 Å². The molecule has 4 aromatic rings. The van der Waals surface area contributed by atoms with Gasteiger partial charge in [0.05, 0.1) is 18.8 Å². The van der Waals surface area contributed by atoms with E-state index in [-0.39, 0.29) is 35.7 Å². The molecule has 0 unspecified atom stereocenters. The fourth-order valence-electron chi connectivity index (χ4n) is 5.46. The second kappa shape index (κ2) is 14.6. The van der Waals surface area contributed by atoms with E-state index in [1.807, 2.05) is 0 Å². The van der Waals surface area contributed by atoms with Crippen LogP contribution >= 0.6 is 0 Å². The third kappa shape index (κ3) is 7.62. The number of halogens is 10. The van der Waals surface area contributed by atoms with Gasteiger partial charge in [-0.1, -0.05) is 44.7 Å². The lowest BCUT2D eigenvalue weighted by Crippen LogP contribution is -2.27. The van der Waals surface area contributed by atoms with Crippen molar-refractivity contribution < 1.29 is 58.1 Å². The van der Waals surface area contributed by atoms with Crippen molar-refractivity contribution in [3.63, 3.8) is 0 Å². The standard InChI is InChI=1S/C35H28F10O3/c1-2-3-4-5-6-18-16-46-34(47-17-18)19-7-8-23(24(36)9-19)20-10-27(39)32(28(40)11-20)35(44,45)48-22-14-25(37)31(26(38)15-22)21-12-29(41)33(43)30(42)13-21/h7-15,18,34H,2-6,16-17H2,1H3.